The van der Waals surface area contributed by atoms with Gasteiger partial charge in [0.05, 0.1) is 17.8 Å². The standard InChI is InChI=1S/C22H21ClN4O2/c1-3-19-14(2)27-13-17(6-9-20(27)26-19)25-22(28)15-4-7-18(8-5-15)29-21-12-16(23)10-11-24-21/h4-14,19H,3H2,1-2H3,(H,25,28). The molecule has 1 aromatic heterocycles. The Morgan fingerprint density at radius 1 is 1.24 bits per heavy atom. The molecule has 4 rings (SSSR count). The number of nitrogens with zero attached hydrogens (tertiary/aromatic N) is 3. The van der Waals surface area contributed by atoms with Crippen LogP contribution in [0.1, 0.15) is 30.6 Å². The van der Waals surface area contributed by atoms with E-state index in [1.54, 1.807) is 42.6 Å². The molecule has 1 aromatic carbocycles. The molecule has 0 saturated heterocycles. The van der Waals surface area contributed by atoms with E-state index >= 15 is 0 Å². The number of benzene rings is 1. The van der Waals surface area contributed by atoms with Gasteiger partial charge in [-0.1, -0.05) is 18.5 Å². The van der Waals surface area contributed by atoms with Gasteiger partial charge in [-0.3, -0.25) is 9.79 Å². The van der Waals surface area contributed by atoms with Crippen molar-refractivity contribution in [1.29, 1.82) is 0 Å². The summed E-state index contributed by atoms with van der Waals surface area (Å²) in [4.78, 5) is 23.5. The van der Waals surface area contributed by atoms with E-state index in [4.69, 9.17) is 21.3 Å². The zero-order valence-corrected chi connectivity index (χ0v) is 16.9. The van der Waals surface area contributed by atoms with Gasteiger partial charge < -0.3 is 15.0 Å². The van der Waals surface area contributed by atoms with Crippen molar-refractivity contribution in [2.75, 3.05) is 0 Å². The predicted molar refractivity (Wildman–Crippen MR) is 113 cm³/mol. The van der Waals surface area contributed by atoms with Crippen LogP contribution in [0.2, 0.25) is 5.02 Å². The molecular formula is C22H21ClN4O2. The molecular weight excluding hydrogens is 388 g/mol. The summed E-state index contributed by atoms with van der Waals surface area (Å²) in [5.74, 6) is 1.73. The van der Waals surface area contributed by atoms with E-state index in [2.05, 4.69) is 29.0 Å². The van der Waals surface area contributed by atoms with Gasteiger partial charge >= 0.3 is 0 Å². The molecule has 2 atom stereocenters. The van der Waals surface area contributed by atoms with Gasteiger partial charge in [-0.05, 0) is 55.8 Å². The molecule has 0 aliphatic carbocycles. The SMILES string of the molecule is CCC1N=C2C=CC(NC(=O)c3ccc(Oc4cc(Cl)ccn4)cc3)=CN2C1C. The number of pyridine rings is 1. The monoisotopic (exact) mass is 408 g/mol. The smallest absolute Gasteiger partial charge is 0.255 e. The molecule has 6 nitrogen and oxygen atoms in total. The number of rotatable bonds is 5. The first-order valence-corrected chi connectivity index (χ1v) is 9.88. The fourth-order valence-corrected chi connectivity index (χ4v) is 3.50. The molecule has 2 unspecified atom stereocenters. The summed E-state index contributed by atoms with van der Waals surface area (Å²) in [7, 11) is 0. The molecule has 0 bridgehead atoms. The van der Waals surface area contributed by atoms with Crippen LogP contribution in [-0.4, -0.2) is 33.7 Å². The number of hydrogen-bond donors (Lipinski definition) is 1. The second kappa shape index (κ2) is 8.09. The third kappa shape index (κ3) is 4.17. The summed E-state index contributed by atoms with van der Waals surface area (Å²) in [6.07, 6.45) is 8.32. The molecule has 29 heavy (non-hydrogen) atoms. The molecule has 148 valence electrons. The minimum absolute atomic E-state index is 0.187. The van der Waals surface area contributed by atoms with E-state index in [0.29, 0.717) is 22.2 Å². The lowest BCUT2D eigenvalue weighted by molar-refractivity contribution is 0.0966. The average Bonchev–Trinajstić information content (AvgIpc) is 3.04. The molecule has 3 heterocycles. The summed E-state index contributed by atoms with van der Waals surface area (Å²) in [6, 6.07) is 10.7. The number of nitrogens with one attached hydrogen (secondary N) is 1. The zero-order chi connectivity index (χ0) is 20.4. The number of hydrogen-bond acceptors (Lipinski definition) is 5. The van der Waals surface area contributed by atoms with Gasteiger partial charge in [0.15, 0.2) is 0 Å². The van der Waals surface area contributed by atoms with Crippen LogP contribution in [-0.2, 0) is 0 Å². The number of aliphatic imine (C=N–C) groups is 1. The number of amides is 1. The Bertz CT molecular complexity index is 1010. The molecule has 0 saturated carbocycles. The topological polar surface area (TPSA) is 66.8 Å². The highest BCUT2D eigenvalue weighted by Gasteiger charge is 2.31. The van der Waals surface area contributed by atoms with Crippen molar-refractivity contribution in [3.8, 4) is 11.6 Å². The number of ether oxygens (including phenoxy) is 1. The van der Waals surface area contributed by atoms with Crippen molar-refractivity contribution in [2.24, 2.45) is 4.99 Å². The number of aromatic nitrogens is 1. The summed E-state index contributed by atoms with van der Waals surface area (Å²) in [5.41, 5.74) is 1.27. The summed E-state index contributed by atoms with van der Waals surface area (Å²) in [6.45, 7) is 4.28. The van der Waals surface area contributed by atoms with E-state index < -0.39 is 0 Å². The third-order valence-corrected chi connectivity index (χ3v) is 5.20. The Labute approximate surface area is 174 Å². The lowest BCUT2D eigenvalue weighted by Crippen LogP contribution is -2.36. The second-order valence-electron chi connectivity index (χ2n) is 6.92. The quantitative estimate of drug-likeness (QED) is 0.788. The largest absolute Gasteiger partial charge is 0.439 e. The van der Waals surface area contributed by atoms with Crippen LogP contribution in [0.4, 0.5) is 0 Å². The number of carbonyl (C=O) groups excluding carboxylic acids is 1. The Morgan fingerprint density at radius 2 is 2.03 bits per heavy atom. The normalized spacial score (nSPS) is 20.0. The van der Waals surface area contributed by atoms with Crippen molar-refractivity contribution < 1.29 is 9.53 Å². The Hall–Kier alpha value is -3.12. The van der Waals surface area contributed by atoms with E-state index in [9.17, 15) is 4.79 Å². The number of fused-ring (bicyclic) bond motifs is 1. The highest BCUT2D eigenvalue weighted by atomic mass is 35.5. The van der Waals surface area contributed by atoms with E-state index in [1.807, 2.05) is 18.4 Å². The van der Waals surface area contributed by atoms with Gasteiger partial charge in [0, 0.05) is 29.0 Å². The fraction of sp³-hybridized carbons (Fsp3) is 0.227. The van der Waals surface area contributed by atoms with Crippen LogP contribution in [0.3, 0.4) is 0 Å². The molecule has 2 aliphatic heterocycles. The van der Waals surface area contributed by atoms with Gasteiger partial charge in [-0.25, -0.2) is 4.98 Å². The van der Waals surface area contributed by atoms with Gasteiger partial charge in [0.1, 0.15) is 11.6 Å². The highest BCUT2D eigenvalue weighted by molar-refractivity contribution is 6.30. The number of halogens is 1. The number of amidine groups is 1. The molecule has 0 fully saturated rings. The summed E-state index contributed by atoms with van der Waals surface area (Å²) in [5, 5.41) is 3.49. The van der Waals surface area contributed by atoms with Gasteiger partial charge in [-0.2, -0.15) is 0 Å². The van der Waals surface area contributed by atoms with Crippen LogP contribution in [0, 0.1) is 0 Å². The van der Waals surface area contributed by atoms with E-state index in [1.165, 1.54) is 0 Å². The fourth-order valence-electron chi connectivity index (χ4n) is 3.35. The van der Waals surface area contributed by atoms with Crippen LogP contribution in [0.25, 0.3) is 0 Å². The summed E-state index contributed by atoms with van der Waals surface area (Å²) >= 11 is 5.93. The first-order chi connectivity index (χ1) is 14.0. The van der Waals surface area contributed by atoms with Crippen LogP contribution in [0.5, 0.6) is 11.6 Å². The van der Waals surface area contributed by atoms with Crippen LogP contribution in [0.15, 0.2) is 71.6 Å². The van der Waals surface area contributed by atoms with Crippen LogP contribution >= 0.6 is 11.6 Å². The first kappa shape index (κ1) is 19.2. The molecule has 7 heteroatoms. The lowest BCUT2D eigenvalue weighted by Gasteiger charge is -2.26. The first-order valence-electron chi connectivity index (χ1n) is 9.50. The van der Waals surface area contributed by atoms with E-state index in [0.717, 1.165) is 18.0 Å². The van der Waals surface area contributed by atoms with Gasteiger partial charge in [0.2, 0.25) is 5.88 Å². The molecule has 0 spiro atoms. The molecule has 1 N–H and O–H groups in total. The minimum Gasteiger partial charge on any atom is -0.439 e. The molecule has 0 radical (unpaired) electrons. The summed E-state index contributed by atoms with van der Waals surface area (Å²) < 4.78 is 5.65. The van der Waals surface area contributed by atoms with Gasteiger partial charge in [0.25, 0.3) is 5.91 Å². The van der Waals surface area contributed by atoms with Crippen LogP contribution < -0.4 is 10.1 Å². The molecule has 2 aromatic rings. The Balaban J connectivity index is 1.41. The maximum Gasteiger partial charge on any atom is 0.255 e. The van der Waals surface area contributed by atoms with Crippen molar-refractivity contribution in [3.63, 3.8) is 0 Å². The Kier molecular flexibility index (Phi) is 5.36. The predicted octanol–water partition coefficient (Wildman–Crippen LogP) is 4.55. The van der Waals surface area contributed by atoms with Crippen molar-refractivity contribution in [3.05, 3.63) is 77.2 Å². The van der Waals surface area contributed by atoms with Crippen molar-refractivity contribution in [1.82, 2.24) is 15.2 Å². The zero-order valence-electron chi connectivity index (χ0n) is 16.2. The maximum atomic E-state index is 12.6. The minimum atomic E-state index is -0.187. The highest BCUT2D eigenvalue weighted by Crippen LogP contribution is 2.25. The van der Waals surface area contributed by atoms with Crippen molar-refractivity contribution in [2.45, 2.75) is 32.4 Å². The van der Waals surface area contributed by atoms with E-state index in [-0.39, 0.29) is 18.0 Å². The lowest BCUT2D eigenvalue weighted by atomic mass is 10.1. The van der Waals surface area contributed by atoms with Crippen molar-refractivity contribution >= 4 is 23.3 Å². The maximum absolute atomic E-state index is 12.6. The Morgan fingerprint density at radius 3 is 2.76 bits per heavy atom. The number of carbonyl (C=O) groups is 1. The molecule has 1 amide bonds. The van der Waals surface area contributed by atoms with Gasteiger partial charge in [-0.15, -0.1) is 0 Å². The third-order valence-electron chi connectivity index (χ3n) is 4.96. The second-order valence-corrected chi connectivity index (χ2v) is 7.36. The molecule has 2 aliphatic rings. The average molecular weight is 409 g/mol. The number of allylic oxidation sites excluding steroid dienone is 1.